The summed E-state index contributed by atoms with van der Waals surface area (Å²) in [4.78, 5) is 10.5. The molecule has 3 N–H and O–H groups in total. The fraction of sp³-hybridized carbons (Fsp3) is 0.200. The van der Waals surface area contributed by atoms with Gasteiger partial charge in [0.1, 0.15) is 6.04 Å². The molecule has 0 aliphatic rings. The van der Waals surface area contributed by atoms with Crippen molar-refractivity contribution in [2.24, 2.45) is 5.73 Å². The second-order valence-corrected chi connectivity index (χ2v) is 4.03. The molecule has 0 heterocycles. The molecule has 1 rings (SSSR count). The molecule has 1 unspecified atom stereocenters. The van der Waals surface area contributed by atoms with Gasteiger partial charge in [-0.3, -0.25) is 4.79 Å². The second kappa shape index (κ2) is 5.43. The lowest BCUT2D eigenvalue weighted by Gasteiger charge is -2.06. The van der Waals surface area contributed by atoms with Crippen molar-refractivity contribution in [1.82, 2.24) is 0 Å². The maximum absolute atomic E-state index is 10.5. The highest BCUT2D eigenvalue weighted by atomic mass is 32.2. The Kier molecular flexibility index (Phi) is 4.21. The van der Waals surface area contributed by atoms with E-state index in [-0.39, 0.29) is 6.42 Å². The van der Waals surface area contributed by atoms with Crippen LogP contribution >= 0.6 is 0 Å². The van der Waals surface area contributed by atoms with Crippen LogP contribution in [-0.4, -0.2) is 30.9 Å². The fourth-order valence-electron chi connectivity index (χ4n) is 1.25. The van der Waals surface area contributed by atoms with Crippen LogP contribution in [0.25, 0.3) is 0 Å². The lowest BCUT2D eigenvalue weighted by Crippen LogP contribution is -2.32. The summed E-state index contributed by atoms with van der Waals surface area (Å²) in [6.07, 6.45) is 0.169. The lowest BCUT2D eigenvalue weighted by molar-refractivity contribution is -0.138. The Labute approximate surface area is 94.0 Å². The number of carbonyl (C=O) groups is 1. The van der Waals surface area contributed by atoms with Gasteiger partial charge in [0.2, 0.25) is 10.3 Å². The number of carboxylic acids is 1. The molecule has 0 amide bonds. The van der Waals surface area contributed by atoms with Crippen molar-refractivity contribution in [3.8, 4) is 0 Å². The molecule has 0 fully saturated rings. The molecule has 6 heteroatoms. The highest BCUT2D eigenvalue weighted by Gasteiger charge is 2.11. The van der Waals surface area contributed by atoms with Crippen molar-refractivity contribution in [1.29, 1.82) is 0 Å². The van der Waals surface area contributed by atoms with Gasteiger partial charge in [0, 0.05) is 0 Å². The van der Waals surface area contributed by atoms with E-state index in [0.717, 1.165) is 5.37 Å². The second-order valence-electron chi connectivity index (χ2n) is 3.27. The van der Waals surface area contributed by atoms with Crippen LogP contribution in [0.1, 0.15) is 11.1 Å². The molecule has 0 saturated carbocycles. The quantitative estimate of drug-likeness (QED) is 0.703. The molecule has 0 aliphatic carbocycles. The van der Waals surface area contributed by atoms with Crippen molar-refractivity contribution in [3.63, 3.8) is 0 Å². The summed E-state index contributed by atoms with van der Waals surface area (Å²) in [5, 5.41) is 9.68. The Morgan fingerprint density at radius 3 is 2.75 bits per heavy atom. The number of rotatable bonds is 4. The largest absolute Gasteiger partial charge is 0.480 e. The van der Waals surface area contributed by atoms with E-state index in [2.05, 4.69) is 0 Å². The maximum Gasteiger partial charge on any atom is 0.320 e. The first-order valence-electron chi connectivity index (χ1n) is 4.49. The van der Waals surface area contributed by atoms with Crippen LogP contribution in [0.15, 0.2) is 24.3 Å². The normalized spacial score (nSPS) is 11.8. The molecule has 5 nitrogen and oxygen atoms in total. The fourth-order valence-corrected chi connectivity index (χ4v) is 1.61. The van der Waals surface area contributed by atoms with Gasteiger partial charge in [-0.15, -0.1) is 0 Å². The molecule has 1 aromatic rings. The molecule has 1 aromatic carbocycles. The number of nitrogens with two attached hydrogens (primary N) is 1. The van der Waals surface area contributed by atoms with E-state index in [4.69, 9.17) is 10.8 Å². The molecular weight excluding hydrogens is 230 g/mol. The lowest BCUT2D eigenvalue weighted by atomic mass is 10.0. The van der Waals surface area contributed by atoms with Crippen molar-refractivity contribution in [2.75, 3.05) is 0 Å². The Hall–Kier alpha value is -1.66. The van der Waals surface area contributed by atoms with Gasteiger partial charge in [0.15, 0.2) is 0 Å². The summed E-state index contributed by atoms with van der Waals surface area (Å²) < 4.78 is 20.9. The van der Waals surface area contributed by atoms with E-state index >= 15 is 0 Å². The first-order chi connectivity index (χ1) is 7.49. The molecule has 0 radical (unpaired) electrons. The smallest absolute Gasteiger partial charge is 0.320 e. The molecule has 0 aromatic heterocycles. The molecule has 86 valence electrons. The Morgan fingerprint density at radius 2 is 2.19 bits per heavy atom. The Bertz CT molecular complexity index is 513. The van der Waals surface area contributed by atoms with Gasteiger partial charge >= 0.3 is 5.97 Å². The standard InChI is InChI=1S/C10H11NO4S/c11-9(10(12)13)5-7-2-1-3-8(4-7)6-16(14)15/h1-4,6,9H,5,11H2,(H,12,13). The molecule has 0 bridgehead atoms. The average Bonchev–Trinajstić information content (AvgIpc) is 2.16. The van der Waals surface area contributed by atoms with Gasteiger partial charge in [-0.1, -0.05) is 24.3 Å². The van der Waals surface area contributed by atoms with Crippen LogP contribution in [0.3, 0.4) is 0 Å². The topological polar surface area (TPSA) is 97.5 Å². The molecule has 16 heavy (non-hydrogen) atoms. The van der Waals surface area contributed by atoms with Gasteiger partial charge in [0.25, 0.3) is 0 Å². The zero-order valence-electron chi connectivity index (χ0n) is 8.33. The number of carboxylic acid groups (broad SMARTS) is 1. The first-order valence-corrected chi connectivity index (χ1v) is 5.63. The summed E-state index contributed by atoms with van der Waals surface area (Å²) in [5.74, 6) is -1.08. The minimum Gasteiger partial charge on any atom is -0.480 e. The first kappa shape index (κ1) is 12.4. The SMILES string of the molecule is NC(Cc1cccc(C=S(=O)=O)c1)C(=O)O. The zero-order valence-corrected chi connectivity index (χ0v) is 9.15. The van der Waals surface area contributed by atoms with Crippen molar-refractivity contribution < 1.29 is 18.3 Å². The number of hydrogen-bond acceptors (Lipinski definition) is 4. The summed E-state index contributed by atoms with van der Waals surface area (Å²) in [6.45, 7) is 0. The molecule has 0 saturated heterocycles. The predicted molar refractivity (Wildman–Crippen MR) is 59.8 cm³/mol. The predicted octanol–water partition coefficient (Wildman–Crippen LogP) is -0.330. The van der Waals surface area contributed by atoms with E-state index in [1.807, 2.05) is 0 Å². The van der Waals surface area contributed by atoms with E-state index in [9.17, 15) is 13.2 Å². The van der Waals surface area contributed by atoms with Gasteiger partial charge in [0.05, 0.1) is 5.37 Å². The van der Waals surface area contributed by atoms with Crippen molar-refractivity contribution >= 4 is 21.6 Å². The van der Waals surface area contributed by atoms with E-state index < -0.39 is 22.3 Å². The summed E-state index contributed by atoms with van der Waals surface area (Å²) in [6, 6.07) is 5.59. The monoisotopic (exact) mass is 241 g/mol. The third-order valence-electron chi connectivity index (χ3n) is 1.96. The number of benzene rings is 1. The van der Waals surface area contributed by atoms with Gasteiger partial charge < -0.3 is 10.8 Å². The minimum atomic E-state index is -2.27. The Balaban J connectivity index is 2.91. The van der Waals surface area contributed by atoms with Crippen LogP contribution in [0, 0.1) is 0 Å². The highest BCUT2D eigenvalue weighted by Crippen LogP contribution is 2.05. The average molecular weight is 241 g/mol. The summed E-state index contributed by atoms with van der Waals surface area (Å²) in [7, 11) is -2.27. The Morgan fingerprint density at radius 1 is 1.50 bits per heavy atom. The summed E-state index contributed by atoms with van der Waals surface area (Å²) in [5.41, 5.74) is 6.56. The zero-order chi connectivity index (χ0) is 12.1. The van der Waals surface area contributed by atoms with Gasteiger partial charge in [-0.05, 0) is 17.5 Å². The van der Waals surface area contributed by atoms with Crippen LogP contribution in [-0.2, 0) is 21.5 Å². The third kappa shape index (κ3) is 3.84. The number of hydrogen-bond donors (Lipinski definition) is 2. The molecule has 1 atom stereocenters. The van der Waals surface area contributed by atoms with Crippen LogP contribution in [0.2, 0.25) is 0 Å². The van der Waals surface area contributed by atoms with E-state index in [1.54, 1.807) is 24.3 Å². The highest BCUT2D eigenvalue weighted by molar-refractivity contribution is 7.71. The maximum atomic E-state index is 10.5. The molecule has 0 aliphatic heterocycles. The van der Waals surface area contributed by atoms with Gasteiger partial charge in [-0.2, -0.15) is 8.42 Å². The van der Waals surface area contributed by atoms with Crippen LogP contribution < -0.4 is 5.73 Å². The van der Waals surface area contributed by atoms with Gasteiger partial charge in [-0.25, -0.2) is 0 Å². The summed E-state index contributed by atoms with van der Waals surface area (Å²) >= 11 is 0. The molecule has 0 spiro atoms. The number of aliphatic carboxylic acids is 1. The third-order valence-corrected chi connectivity index (χ3v) is 2.42. The van der Waals surface area contributed by atoms with Crippen LogP contribution in [0.5, 0.6) is 0 Å². The van der Waals surface area contributed by atoms with Crippen molar-refractivity contribution in [2.45, 2.75) is 12.5 Å². The van der Waals surface area contributed by atoms with E-state index in [1.165, 1.54) is 0 Å². The van der Waals surface area contributed by atoms with Crippen molar-refractivity contribution in [3.05, 3.63) is 35.4 Å². The van der Waals surface area contributed by atoms with E-state index in [0.29, 0.717) is 11.1 Å². The molecular formula is C10H11NO4S. The van der Waals surface area contributed by atoms with Crippen LogP contribution in [0.4, 0.5) is 0 Å². The minimum absolute atomic E-state index is 0.169.